The van der Waals surface area contributed by atoms with E-state index >= 15 is 0 Å². The minimum Gasteiger partial charge on any atom is -0.506 e. The van der Waals surface area contributed by atoms with Gasteiger partial charge in [0.1, 0.15) is 11.6 Å². The van der Waals surface area contributed by atoms with E-state index in [0.717, 1.165) is 17.9 Å². The summed E-state index contributed by atoms with van der Waals surface area (Å²) in [6.07, 6.45) is 1.94. The molecule has 1 atom stereocenters. The van der Waals surface area contributed by atoms with Crippen molar-refractivity contribution in [2.45, 2.75) is 13.0 Å². The first-order valence-corrected chi connectivity index (χ1v) is 7.09. The van der Waals surface area contributed by atoms with E-state index in [0.29, 0.717) is 0 Å². The van der Waals surface area contributed by atoms with Crippen molar-refractivity contribution in [2.75, 3.05) is 19.1 Å². The van der Waals surface area contributed by atoms with E-state index in [-0.39, 0.29) is 22.4 Å². The summed E-state index contributed by atoms with van der Waals surface area (Å²) in [5, 5.41) is 9.54. The maximum absolute atomic E-state index is 13.2. The van der Waals surface area contributed by atoms with Gasteiger partial charge in [-0.05, 0) is 25.3 Å². The topological polar surface area (TPSA) is 40.5 Å². The third-order valence-electron chi connectivity index (χ3n) is 2.65. The Kier molecular flexibility index (Phi) is 5.28. The smallest absolute Gasteiger partial charge is 0.257 e. The molecule has 1 amide bonds. The second-order valence-electron chi connectivity index (χ2n) is 4.00. The van der Waals surface area contributed by atoms with Crippen molar-refractivity contribution in [3.05, 3.63) is 28.5 Å². The highest BCUT2D eigenvalue weighted by Crippen LogP contribution is 2.29. The second kappa shape index (κ2) is 6.29. The maximum Gasteiger partial charge on any atom is 0.257 e. The molecule has 0 heterocycles. The summed E-state index contributed by atoms with van der Waals surface area (Å²) >= 11 is 7.25. The van der Waals surface area contributed by atoms with Crippen molar-refractivity contribution in [3.63, 3.8) is 0 Å². The van der Waals surface area contributed by atoms with Crippen LogP contribution >= 0.6 is 23.4 Å². The van der Waals surface area contributed by atoms with Crippen LogP contribution in [0.2, 0.25) is 5.02 Å². The van der Waals surface area contributed by atoms with Gasteiger partial charge >= 0.3 is 0 Å². The van der Waals surface area contributed by atoms with Gasteiger partial charge in [-0.2, -0.15) is 11.8 Å². The van der Waals surface area contributed by atoms with Gasteiger partial charge in [0.15, 0.2) is 0 Å². The van der Waals surface area contributed by atoms with Gasteiger partial charge in [0.05, 0.1) is 10.6 Å². The van der Waals surface area contributed by atoms with Crippen LogP contribution in [-0.2, 0) is 0 Å². The zero-order chi connectivity index (χ0) is 13.9. The van der Waals surface area contributed by atoms with Crippen LogP contribution < -0.4 is 0 Å². The fourth-order valence-electron chi connectivity index (χ4n) is 1.47. The Hall–Kier alpha value is -0.940. The van der Waals surface area contributed by atoms with Crippen LogP contribution in [0.5, 0.6) is 5.75 Å². The predicted octanol–water partition coefficient (Wildman–Crippen LogP) is 3.01. The molecule has 100 valence electrons. The molecule has 0 saturated carbocycles. The van der Waals surface area contributed by atoms with Crippen molar-refractivity contribution < 1.29 is 14.3 Å². The zero-order valence-corrected chi connectivity index (χ0v) is 12.0. The number of halogens is 2. The first-order chi connectivity index (χ1) is 8.38. The third kappa shape index (κ3) is 3.29. The lowest BCUT2D eigenvalue weighted by Crippen LogP contribution is -2.36. The minimum atomic E-state index is -0.646. The highest BCUT2D eigenvalue weighted by molar-refractivity contribution is 7.98. The summed E-state index contributed by atoms with van der Waals surface area (Å²) in [4.78, 5) is 13.6. The summed E-state index contributed by atoms with van der Waals surface area (Å²) < 4.78 is 13.2. The van der Waals surface area contributed by atoms with Gasteiger partial charge in [-0.15, -0.1) is 0 Å². The quantitative estimate of drug-likeness (QED) is 0.927. The molecule has 0 aromatic heterocycles. The molecular weight excluding hydrogens is 277 g/mol. The Bertz CT molecular complexity index is 456. The Morgan fingerprint density at radius 2 is 2.22 bits per heavy atom. The molecule has 0 spiro atoms. The number of nitrogens with zero attached hydrogens (tertiary/aromatic N) is 1. The standard InChI is InChI=1S/C12H15ClFNO2S/c1-7(6-18-3)15(2)12(17)9-4-8(14)5-10(13)11(9)16/h4-5,7,16H,6H2,1-3H3/t7-/m0/s1. The Morgan fingerprint density at radius 3 is 2.78 bits per heavy atom. The highest BCUT2D eigenvalue weighted by atomic mass is 35.5. The van der Waals surface area contributed by atoms with Crippen molar-refractivity contribution in [2.24, 2.45) is 0 Å². The molecule has 0 bridgehead atoms. The van der Waals surface area contributed by atoms with Crippen LogP contribution in [0.1, 0.15) is 17.3 Å². The number of phenolic OH excluding ortho intramolecular Hbond substituents is 1. The lowest BCUT2D eigenvalue weighted by Gasteiger charge is -2.24. The monoisotopic (exact) mass is 291 g/mol. The number of amides is 1. The van der Waals surface area contributed by atoms with Crippen molar-refractivity contribution in [1.29, 1.82) is 0 Å². The summed E-state index contributed by atoms with van der Waals surface area (Å²) in [7, 11) is 1.61. The van der Waals surface area contributed by atoms with Gasteiger partial charge in [-0.25, -0.2) is 4.39 Å². The summed E-state index contributed by atoms with van der Waals surface area (Å²) in [5.74, 6) is -0.722. The molecule has 0 aliphatic rings. The fourth-order valence-corrected chi connectivity index (χ4v) is 2.38. The lowest BCUT2D eigenvalue weighted by atomic mass is 10.1. The van der Waals surface area contributed by atoms with Crippen LogP contribution in [-0.4, -0.2) is 41.0 Å². The van der Waals surface area contributed by atoms with E-state index in [1.54, 1.807) is 18.8 Å². The van der Waals surface area contributed by atoms with Gasteiger partial charge in [0.2, 0.25) is 0 Å². The number of carbonyl (C=O) groups excluding carboxylic acids is 1. The summed E-state index contributed by atoms with van der Waals surface area (Å²) in [6, 6.07) is 1.94. The number of aromatic hydroxyl groups is 1. The zero-order valence-electron chi connectivity index (χ0n) is 10.4. The average Bonchev–Trinajstić information content (AvgIpc) is 2.32. The molecule has 0 aliphatic carbocycles. The van der Waals surface area contributed by atoms with E-state index < -0.39 is 11.7 Å². The number of hydrogen-bond donors (Lipinski definition) is 1. The van der Waals surface area contributed by atoms with Gasteiger partial charge < -0.3 is 10.0 Å². The normalized spacial score (nSPS) is 12.3. The van der Waals surface area contributed by atoms with Gasteiger partial charge in [-0.3, -0.25) is 4.79 Å². The summed E-state index contributed by atoms with van der Waals surface area (Å²) in [6.45, 7) is 1.88. The first kappa shape index (κ1) is 15.1. The van der Waals surface area contributed by atoms with E-state index in [4.69, 9.17) is 11.6 Å². The Balaban J connectivity index is 3.04. The van der Waals surface area contributed by atoms with Gasteiger partial charge in [-0.1, -0.05) is 11.6 Å². The predicted molar refractivity (Wildman–Crippen MR) is 73.0 cm³/mol. The van der Waals surface area contributed by atoms with Crippen molar-refractivity contribution in [3.8, 4) is 5.75 Å². The number of carbonyl (C=O) groups is 1. The molecule has 0 radical (unpaired) electrons. The number of rotatable bonds is 4. The van der Waals surface area contributed by atoms with Crippen molar-refractivity contribution >= 4 is 29.3 Å². The molecule has 0 fully saturated rings. The van der Waals surface area contributed by atoms with E-state index in [1.807, 2.05) is 13.2 Å². The number of thioether (sulfide) groups is 1. The SMILES string of the molecule is CSC[C@H](C)N(C)C(=O)c1cc(F)cc(Cl)c1O. The highest BCUT2D eigenvalue weighted by Gasteiger charge is 2.22. The number of benzene rings is 1. The van der Waals surface area contributed by atoms with Crippen LogP contribution in [0.25, 0.3) is 0 Å². The van der Waals surface area contributed by atoms with Gasteiger partial charge in [0.25, 0.3) is 5.91 Å². The van der Waals surface area contributed by atoms with E-state index in [2.05, 4.69) is 0 Å². The van der Waals surface area contributed by atoms with Gasteiger partial charge in [0, 0.05) is 18.8 Å². The van der Waals surface area contributed by atoms with Crippen LogP contribution in [0, 0.1) is 5.82 Å². The number of phenols is 1. The molecule has 3 nitrogen and oxygen atoms in total. The Labute approximate surface area is 115 Å². The summed E-state index contributed by atoms with van der Waals surface area (Å²) in [5.41, 5.74) is -0.115. The average molecular weight is 292 g/mol. The van der Waals surface area contributed by atoms with E-state index in [1.165, 1.54) is 4.90 Å². The molecule has 1 rings (SSSR count). The molecule has 1 aromatic rings. The first-order valence-electron chi connectivity index (χ1n) is 5.32. The van der Waals surface area contributed by atoms with Crippen LogP contribution in [0.4, 0.5) is 4.39 Å². The molecule has 0 unspecified atom stereocenters. The molecule has 18 heavy (non-hydrogen) atoms. The largest absolute Gasteiger partial charge is 0.506 e. The molecular formula is C12H15ClFNO2S. The van der Waals surface area contributed by atoms with Crippen LogP contribution in [0.3, 0.4) is 0 Å². The molecule has 6 heteroatoms. The molecule has 1 aromatic carbocycles. The number of hydrogen-bond acceptors (Lipinski definition) is 3. The molecule has 1 N–H and O–H groups in total. The maximum atomic E-state index is 13.2. The second-order valence-corrected chi connectivity index (χ2v) is 5.32. The lowest BCUT2D eigenvalue weighted by molar-refractivity contribution is 0.0754. The Morgan fingerprint density at radius 1 is 1.61 bits per heavy atom. The molecule has 0 aliphatic heterocycles. The van der Waals surface area contributed by atoms with Crippen molar-refractivity contribution in [1.82, 2.24) is 4.90 Å². The molecule has 0 saturated heterocycles. The van der Waals surface area contributed by atoms with E-state index in [9.17, 15) is 14.3 Å². The minimum absolute atomic E-state index is 0.0195. The fraction of sp³-hybridized carbons (Fsp3) is 0.417. The van der Waals surface area contributed by atoms with Crippen LogP contribution in [0.15, 0.2) is 12.1 Å². The third-order valence-corrected chi connectivity index (χ3v) is 3.75.